The maximum atomic E-state index is 12.4. The molecule has 1 aromatic carbocycles. The largest absolute Gasteiger partial charge is 0.611 e. The van der Waals surface area contributed by atoms with Crippen LogP contribution in [0.15, 0.2) is 33.7 Å². The summed E-state index contributed by atoms with van der Waals surface area (Å²) in [5.74, 6) is -1.55. The second kappa shape index (κ2) is 5.34. The molecule has 21 heavy (non-hydrogen) atoms. The second-order valence-electron chi connectivity index (χ2n) is 5.33. The van der Waals surface area contributed by atoms with Crippen molar-refractivity contribution in [2.24, 2.45) is 0 Å². The summed E-state index contributed by atoms with van der Waals surface area (Å²) in [4.78, 5) is 3.89. The van der Waals surface area contributed by atoms with Gasteiger partial charge in [0, 0.05) is 5.56 Å². The van der Waals surface area contributed by atoms with Gasteiger partial charge in [-0.15, -0.1) is 0 Å². The number of hydrogen-bond acceptors (Lipinski definition) is 4. The van der Waals surface area contributed by atoms with Crippen LogP contribution in [-0.4, -0.2) is 19.4 Å². The van der Waals surface area contributed by atoms with E-state index in [2.05, 4.69) is 14.7 Å². The first-order chi connectivity index (χ1) is 9.59. The summed E-state index contributed by atoms with van der Waals surface area (Å²) >= 11 is -1.22. The molecule has 0 bridgehead atoms. The summed E-state index contributed by atoms with van der Waals surface area (Å²) in [7, 11) is 0. The smallest absolute Gasteiger partial charge is 0.471 e. The summed E-state index contributed by atoms with van der Waals surface area (Å²) in [6.07, 6.45) is -4.67. The Morgan fingerprint density at radius 1 is 1.10 bits per heavy atom. The van der Waals surface area contributed by atoms with Crippen LogP contribution in [0, 0.1) is 0 Å². The molecule has 0 fully saturated rings. The van der Waals surface area contributed by atoms with Gasteiger partial charge >= 0.3 is 12.1 Å². The molecule has 0 saturated heterocycles. The topological polar surface area (TPSA) is 62.0 Å². The molecule has 0 saturated carbocycles. The quantitative estimate of drug-likeness (QED) is 0.793. The van der Waals surface area contributed by atoms with Crippen molar-refractivity contribution in [2.75, 3.05) is 0 Å². The van der Waals surface area contributed by atoms with E-state index in [1.54, 1.807) is 12.1 Å². The lowest BCUT2D eigenvalue weighted by molar-refractivity contribution is -0.159. The standard InChI is InChI=1S/C13H13F3N2O2S/c1-12(2,3)21(19)9-6-4-8(5-7-9)10-17-11(20-18-10)13(14,15)16/h4-7H,1-3H3. The van der Waals surface area contributed by atoms with Crippen molar-refractivity contribution >= 4 is 11.2 Å². The van der Waals surface area contributed by atoms with Gasteiger partial charge < -0.3 is 9.08 Å². The molecule has 114 valence electrons. The minimum Gasteiger partial charge on any atom is -0.611 e. The van der Waals surface area contributed by atoms with Gasteiger partial charge in [0.05, 0.1) is 0 Å². The first-order valence-electron chi connectivity index (χ1n) is 6.02. The van der Waals surface area contributed by atoms with Gasteiger partial charge in [-0.1, -0.05) is 5.16 Å². The van der Waals surface area contributed by atoms with E-state index in [9.17, 15) is 17.7 Å². The van der Waals surface area contributed by atoms with E-state index in [-0.39, 0.29) is 5.82 Å². The molecule has 1 unspecified atom stereocenters. The highest BCUT2D eigenvalue weighted by atomic mass is 32.2. The molecule has 4 nitrogen and oxygen atoms in total. The number of hydrogen-bond donors (Lipinski definition) is 0. The average Bonchev–Trinajstić information content (AvgIpc) is 2.86. The van der Waals surface area contributed by atoms with E-state index in [0.717, 1.165) is 0 Å². The van der Waals surface area contributed by atoms with E-state index in [1.165, 1.54) is 12.1 Å². The first-order valence-corrected chi connectivity index (χ1v) is 7.17. The van der Waals surface area contributed by atoms with Crippen molar-refractivity contribution in [1.82, 2.24) is 10.1 Å². The maximum absolute atomic E-state index is 12.4. The lowest BCUT2D eigenvalue weighted by atomic mass is 10.2. The second-order valence-corrected chi connectivity index (χ2v) is 7.56. The average molecular weight is 318 g/mol. The Morgan fingerprint density at radius 2 is 1.67 bits per heavy atom. The number of alkyl halides is 3. The van der Waals surface area contributed by atoms with Gasteiger partial charge in [-0.25, -0.2) is 0 Å². The fraction of sp³-hybridized carbons (Fsp3) is 0.385. The summed E-state index contributed by atoms with van der Waals surface area (Å²) < 4.78 is 53.1. The molecule has 1 atom stereocenters. The van der Waals surface area contributed by atoms with E-state index in [1.807, 2.05) is 20.8 Å². The van der Waals surface area contributed by atoms with E-state index in [0.29, 0.717) is 10.5 Å². The Bertz CT molecular complexity index is 618. The third kappa shape index (κ3) is 3.56. The van der Waals surface area contributed by atoms with Gasteiger partial charge in [-0.05, 0) is 56.2 Å². The molecule has 0 radical (unpaired) electrons. The van der Waals surface area contributed by atoms with Crippen molar-refractivity contribution in [2.45, 2.75) is 36.6 Å². The zero-order chi connectivity index (χ0) is 15.8. The Hall–Kier alpha value is -1.54. The number of nitrogens with zero attached hydrogens (tertiary/aromatic N) is 2. The molecular weight excluding hydrogens is 305 g/mol. The van der Waals surface area contributed by atoms with Crippen molar-refractivity contribution in [3.8, 4) is 11.4 Å². The number of halogens is 3. The maximum Gasteiger partial charge on any atom is 0.471 e. The van der Waals surface area contributed by atoms with Gasteiger partial charge in [-0.2, -0.15) is 18.2 Å². The Kier molecular flexibility index (Phi) is 4.03. The van der Waals surface area contributed by atoms with Crippen LogP contribution < -0.4 is 0 Å². The highest BCUT2D eigenvalue weighted by Crippen LogP contribution is 2.30. The molecule has 0 aliphatic rings. The number of rotatable bonds is 2. The van der Waals surface area contributed by atoms with Crippen LogP contribution in [0.5, 0.6) is 0 Å². The van der Waals surface area contributed by atoms with E-state index >= 15 is 0 Å². The molecule has 0 amide bonds. The molecule has 8 heteroatoms. The SMILES string of the molecule is CC(C)(C)[S+]([O-])c1ccc(-c2noc(C(F)(F)F)n2)cc1. The van der Waals surface area contributed by atoms with Crippen LogP contribution in [0.25, 0.3) is 11.4 Å². The monoisotopic (exact) mass is 318 g/mol. The minimum absolute atomic E-state index is 0.157. The summed E-state index contributed by atoms with van der Waals surface area (Å²) in [5.41, 5.74) is 0.365. The fourth-order valence-corrected chi connectivity index (χ4v) is 2.63. The number of benzene rings is 1. The zero-order valence-corrected chi connectivity index (χ0v) is 12.4. The normalized spacial score (nSPS) is 14.2. The van der Waals surface area contributed by atoms with Crippen molar-refractivity contribution in [3.63, 3.8) is 0 Å². The van der Waals surface area contributed by atoms with Gasteiger partial charge in [0.25, 0.3) is 0 Å². The third-order valence-corrected chi connectivity index (χ3v) is 4.36. The Balaban J connectivity index is 2.25. The first kappa shape index (κ1) is 15.8. The van der Waals surface area contributed by atoms with Crippen LogP contribution >= 0.6 is 0 Å². The highest BCUT2D eigenvalue weighted by Gasteiger charge is 2.38. The van der Waals surface area contributed by atoms with Crippen molar-refractivity contribution < 1.29 is 22.2 Å². The Morgan fingerprint density at radius 3 is 2.10 bits per heavy atom. The summed E-state index contributed by atoms with van der Waals surface area (Å²) in [6, 6.07) is 6.20. The highest BCUT2D eigenvalue weighted by molar-refractivity contribution is 7.92. The van der Waals surface area contributed by atoms with Crippen LogP contribution in [-0.2, 0) is 17.4 Å². The molecule has 1 aromatic heterocycles. The molecule has 1 heterocycles. The van der Waals surface area contributed by atoms with Gasteiger partial charge in [-0.3, -0.25) is 0 Å². The van der Waals surface area contributed by atoms with Crippen molar-refractivity contribution in [1.29, 1.82) is 0 Å². The molecule has 0 aliphatic carbocycles. The lowest BCUT2D eigenvalue weighted by Gasteiger charge is -2.23. The van der Waals surface area contributed by atoms with Crippen LogP contribution in [0.1, 0.15) is 26.7 Å². The zero-order valence-electron chi connectivity index (χ0n) is 11.6. The molecule has 2 rings (SSSR count). The summed E-state index contributed by atoms with van der Waals surface area (Å²) in [6.45, 7) is 5.52. The van der Waals surface area contributed by atoms with Crippen LogP contribution in [0.2, 0.25) is 0 Å². The van der Waals surface area contributed by atoms with Crippen LogP contribution in [0.4, 0.5) is 13.2 Å². The van der Waals surface area contributed by atoms with E-state index < -0.39 is 28.0 Å². The molecular formula is C13H13F3N2O2S. The predicted octanol–water partition coefficient (Wildman–Crippen LogP) is 3.66. The van der Waals surface area contributed by atoms with Crippen LogP contribution in [0.3, 0.4) is 0 Å². The summed E-state index contributed by atoms with van der Waals surface area (Å²) in [5, 5.41) is 3.29. The molecule has 0 N–H and O–H groups in total. The lowest BCUT2D eigenvalue weighted by Crippen LogP contribution is -2.27. The minimum atomic E-state index is -4.67. The third-order valence-electron chi connectivity index (χ3n) is 2.55. The number of aromatic nitrogens is 2. The predicted molar refractivity (Wildman–Crippen MR) is 70.9 cm³/mol. The van der Waals surface area contributed by atoms with Gasteiger partial charge in [0.15, 0.2) is 4.90 Å². The van der Waals surface area contributed by atoms with Crippen molar-refractivity contribution in [3.05, 3.63) is 30.2 Å². The Labute approximate surface area is 122 Å². The fourth-order valence-electron chi connectivity index (χ4n) is 1.54. The van der Waals surface area contributed by atoms with Gasteiger partial charge in [0.2, 0.25) is 5.82 Å². The van der Waals surface area contributed by atoms with Gasteiger partial charge in [0.1, 0.15) is 4.75 Å². The van der Waals surface area contributed by atoms with E-state index in [4.69, 9.17) is 0 Å². The molecule has 2 aromatic rings. The molecule has 0 aliphatic heterocycles. The molecule has 0 spiro atoms.